The fourth-order valence-electron chi connectivity index (χ4n) is 2.95. The lowest BCUT2D eigenvalue weighted by atomic mass is 10.1. The number of piperidine rings is 1. The van der Waals surface area contributed by atoms with Crippen molar-refractivity contribution in [3.05, 3.63) is 71.3 Å². The Labute approximate surface area is 139 Å². The normalized spacial score (nSPS) is 19.3. The zero-order valence-corrected chi connectivity index (χ0v) is 13.8. The van der Waals surface area contributed by atoms with Gasteiger partial charge in [0.1, 0.15) is 0 Å². The van der Waals surface area contributed by atoms with Gasteiger partial charge in [-0.15, -0.1) is 0 Å². The van der Waals surface area contributed by atoms with Crippen LogP contribution in [0.4, 0.5) is 0 Å². The molecule has 2 aromatic rings. The monoisotopic (exact) mass is 307 g/mol. The second kappa shape index (κ2) is 8.09. The molecular weight excluding hydrogens is 282 g/mol. The number of rotatable bonds is 5. The third-order valence-electron chi connectivity index (χ3n) is 4.31. The van der Waals surface area contributed by atoms with Crippen LogP contribution in [0.25, 0.3) is 12.2 Å². The van der Waals surface area contributed by atoms with E-state index in [1.165, 1.54) is 36.1 Å². The van der Waals surface area contributed by atoms with Crippen molar-refractivity contribution in [3.63, 3.8) is 0 Å². The molecule has 0 radical (unpaired) electrons. The largest absolute Gasteiger partial charge is 0.372 e. The van der Waals surface area contributed by atoms with E-state index in [4.69, 9.17) is 4.74 Å². The molecule has 2 nitrogen and oxygen atoms in total. The summed E-state index contributed by atoms with van der Waals surface area (Å²) in [6.07, 6.45) is 7.10. The summed E-state index contributed by atoms with van der Waals surface area (Å²) < 4.78 is 6.05. The van der Waals surface area contributed by atoms with Gasteiger partial charge in [0.2, 0.25) is 0 Å². The Morgan fingerprint density at radius 1 is 1.00 bits per heavy atom. The molecule has 0 amide bonds. The molecule has 1 fully saturated rings. The van der Waals surface area contributed by atoms with E-state index in [-0.39, 0.29) is 0 Å². The number of nitrogens with zero attached hydrogens (tertiary/aromatic N) is 1. The minimum Gasteiger partial charge on any atom is -0.372 e. The first-order valence-electron chi connectivity index (χ1n) is 8.42. The van der Waals surface area contributed by atoms with E-state index in [9.17, 15) is 0 Å². The number of likely N-dealkylation sites (N-methyl/N-ethyl adjacent to an activating group) is 1. The topological polar surface area (TPSA) is 12.5 Å². The summed E-state index contributed by atoms with van der Waals surface area (Å²) in [5, 5.41) is 0. The number of ether oxygens (including phenoxy) is 1. The lowest BCUT2D eigenvalue weighted by Crippen LogP contribution is -2.36. The minimum absolute atomic E-state index is 0.381. The van der Waals surface area contributed by atoms with Gasteiger partial charge in [-0.05, 0) is 43.1 Å². The molecule has 1 atom stereocenters. The summed E-state index contributed by atoms with van der Waals surface area (Å²) in [5.41, 5.74) is 3.69. The lowest BCUT2D eigenvalue weighted by Gasteiger charge is -2.29. The molecule has 0 bridgehead atoms. The highest BCUT2D eigenvalue weighted by atomic mass is 16.5. The fraction of sp³-hybridized carbons (Fsp3) is 0.333. The molecule has 2 aromatic carbocycles. The standard InChI is InChI=1S/C21H25NO/c1-22-15-5-8-21(16-22)23-17-20-13-11-19(12-14-20)10-9-18-6-3-2-4-7-18/h2-4,6-7,9-14,21H,5,8,15-17H2,1H3/b10-9+. The molecule has 23 heavy (non-hydrogen) atoms. The third kappa shape index (κ3) is 5.05. The quantitative estimate of drug-likeness (QED) is 0.756. The van der Waals surface area contributed by atoms with Gasteiger partial charge in [-0.1, -0.05) is 66.7 Å². The maximum atomic E-state index is 6.05. The predicted molar refractivity (Wildman–Crippen MR) is 97.1 cm³/mol. The minimum atomic E-state index is 0.381. The number of hydrogen-bond acceptors (Lipinski definition) is 2. The maximum Gasteiger partial charge on any atom is 0.0721 e. The van der Waals surface area contributed by atoms with E-state index in [0.717, 1.165) is 6.54 Å². The molecule has 1 aliphatic rings. The Morgan fingerprint density at radius 2 is 1.70 bits per heavy atom. The molecular formula is C21H25NO. The Hall–Kier alpha value is -1.90. The maximum absolute atomic E-state index is 6.05. The highest BCUT2D eigenvalue weighted by Crippen LogP contribution is 2.15. The molecule has 0 saturated carbocycles. The highest BCUT2D eigenvalue weighted by molar-refractivity contribution is 5.69. The predicted octanol–water partition coefficient (Wildman–Crippen LogP) is 4.47. The summed E-state index contributed by atoms with van der Waals surface area (Å²) in [6.45, 7) is 2.96. The van der Waals surface area contributed by atoms with Crippen molar-refractivity contribution in [2.45, 2.75) is 25.6 Å². The van der Waals surface area contributed by atoms with Crippen molar-refractivity contribution in [1.29, 1.82) is 0 Å². The van der Waals surface area contributed by atoms with Crippen LogP contribution in [-0.4, -0.2) is 31.1 Å². The molecule has 1 aliphatic heterocycles. The zero-order valence-electron chi connectivity index (χ0n) is 13.8. The molecule has 0 aliphatic carbocycles. The van der Waals surface area contributed by atoms with Crippen LogP contribution in [0.3, 0.4) is 0 Å². The van der Waals surface area contributed by atoms with Gasteiger partial charge in [0.25, 0.3) is 0 Å². The highest BCUT2D eigenvalue weighted by Gasteiger charge is 2.17. The van der Waals surface area contributed by atoms with Crippen LogP contribution >= 0.6 is 0 Å². The van der Waals surface area contributed by atoms with Crippen molar-refractivity contribution < 1.29 is 4.74 Å². The summed E-state index contributed by atoms with van der Waals surface area (Å²) in [5.74, 6) is 0. The van der Waals surface area contributed by atoms with Crippen LogP contribution in [0, 0.1) is 0 Å². The Bertz CT molecular complexity index is 618. The molecule has 0 spiro atoms. The summed E-state index contributed by atoms with van der Waals surface area (Å²) >= 11 is 0. The van der Waals surface area contributed by atoms with Gasteiger partial charge in [-0.2, -0.15) is 0 Å². The van der Waals surface area contributed by atoms with Crippen LogP contribution < -0.4 is 0 Å². The summed E-state index contributed by atoms with van der Waals surface area (Å²) in [6, 6.07) is 19.0. The van der Waals surface area contributed by atoms with E-state index < -0.39 is 0 Å². The van der Waals surface area contributed by atoms with Crippen LogP contribution in [0.5, 0.6) is 0 Å². The first kappa shape index (κ1) is 16.0. The average Bonchev–Trinajstić information content (AvgIpc) is 2.60. The Morgan fingerprint density at radius 3 is 2.39 bits per heavy atom. The van der Waals surface area contributed by atoms with Gasteiger partial charge in [-0.3, -0.25) is 0 Å². The van der Waals surface area contributed by atoms with Gasteiger partial charge >= 0.3 is 0 Å². The Kier molecular flexibility index (Phi) is 5.62. The van der Waals surface area contributed by atoms with Crippen LogP contribution in [0.1, 0.15) is 29.5 Å². The summed E-state index contributed by atoms with van der Waals surface area (Å²) in [7, 11) is 2.17. The lowest BCUT2D eigenvalue weighted by molar-refractivity contribution is -0.00355. The molecule has 0 aromatic heterocycles. The molecule has 120 valence electrons. The van der Waals surface area contributed by atoms with Gasteiger partial charge in [-0.25, -0.2) is 0 Å². The van der Waals surface area contributed by atoms with Crippen molar-refractivity contribution in [2.24, 2.45) is 0 Å². The van der Waals surface area contributed by atoms with Gasteiger partial charge in [0.05, 0.1) is 12.7 Å². The van der Waals surface area contributed by atoms with Crippen molar-refractivity contribution in [3.8, 4) is 0 Å². The molecule has 1 heterocycles. The van der Waals surface area contributed by atoms with Gasteiger partial charge in [0.15, 0.2) is 0 Å². The van der Waals surface area contributed by atoms with Gasteiger partial charge in [0, 0.05) is 6.54 Å². The van der Waals surface area contributed by atoms with Crippen LogP contribution in [0.15, 0.2) is 54.6 Å². The molecule has 1 saturated heterocycles. The molecule has 2 heteroatoms. The smallest absolute Gasteiger partial charge is 0.0721 e. The van der Waals surface area contributed by atoms with E-state index >= 15 is 0 Å². The Balaban J connectivity index is 1.52. The van der Waals surface area contributed by atoms with Crippen molar-refractivity contribution >= 4 is 12.2 Å². The second-order valence-corrected chi connectivity index (χ2v) is 6.32. The van der Waals surface area contributed by atoms with E-state index in [2.05, 4.69) is 72.6 Å². The fourth-order valence-corrected chi connectivity index (χ4v) is 2.95. The molecule has 1 unspecified atom stereocenters. The summed E-state index contributed by atoms with van der Waals surface area (Å²) in [4.78, 5) is 2.35. The number of benzene rings is 2. The SMILES string of the molecule is CN1CCCC(OCc2ccc(/C=C/c3ccccc3)cc2)C1. The molecule has 0 N–H and O–H groups in total. The number of likely N-dealkylation sites (tertiary alicyclic amines) is 1. The van der Waals surface area contributed by atoms with E-state index in [1.54, 1.807) is 0 Å². The average molecular weight is 307 g/mol. The van der Waals surface area contributed by atoms with Crippen LogP contribution in [-0.2, 0) is 11.3 Å². The first-order chi connectivity index (χ1) is 11.3. The molecule has 3 rings (SSSR count). The second-order valence-electron chi connectivity index (χ2n) is 6.32. The van der Waals surface area contributed by atoms with E-state index in [1.807, 2.05) is 6.07 Å². The third-order valence-corrected chi connectivity index (χ3v) is 4.31. The zero-order chi connectivity index (χ0) is 15.9. The van der Waals surface area contributed by atoms with Crippen molar-refractivity contribution in [1.82, 2.24) is 4.90 Å². The number of hydrogen-bond donors (Lipinski definition) is 0. The van der Waals surface area contributed by atoms with Crippen molar-refractivity contribution in [2.75, 3.05) is 20.1 Å². The first-order valence-corrected chi connectivity index (χ1v) is 8.42. The van der Waals surface area contributed by atoms with Crippen LogP contribution in [0.2, 0.25) is 0 Å². The van der Waals surface area contributed by atoms with E-state index in [0.29, 0.717) is 12.7 Å². The van der Waals surface area contributed by atoms with Gasteiger partial charge < -0.3 is 9.64 Å².